The van der Waals surface area contributed by atoms with Crippen LogP contribution in [-0.4, -0.2) is 20.5 Å². The topological polar surface area (TPSA) is 54.6 Å². The van der Waals surface area contributed by atoms with Crippen molar-refractivity contribution in [3.05, 3.63) is 34.8 Å². The molecule has 1 N–H and O–H groups in total. The summed E-state index contributed by atoms with van der Waals surface area (Å²) in [5, 5.41) is 8.71. The standard InChI is InChI=1S/C9H7BrN2O2/c10-9-11-5-7-3-1-2-6(12(7)9)4-8(13)14/h1-3,5H,4H2,(H,13,14). The second-order valence-corrected chi connectivity index (χ2v) is 3.58. The molecule has 0 aliphatic heterocycles. The Morgan fingerprint density at radius 1 is 1.57 bits per heavy atom. The lowest BCUT2D eigenvalue weighted by molar-refractivity contribution is -0.136. The van der Waals surface area contributed by atoms with E-state index >= 15 is 0 Å². The Morgan fingerprint density at radius 3 is 3.07 bits per heavy atom. The zero-order chi connectivity index (χ0) is 10.1. The van der Waals surface area contributed by atoms with Crippen molar-refractivity contribution in [3.8, 4) is 0 Å². The first-order valence-electron chi connectivity index (χ1n) is 4.01. The Hall–Kier alpha value is -1.36. The van der Waals surface area contributed by atoms with Crippen LogP contribution in [0.15, 0.2) is 29.1 Å². The van der Waals surface area contributed by atoms with Crippen LogP contribution in [0.25, 0.3) is 5.52 Å². The van der Waals surface area contributed by atoms with Gasteiger partial charge in [-0.3, -0.25) is 9.20 Å². The average Bonchev–Trinajstić information content (AvgIpc) is 2.48. The fourth-order valence-electron chi connectivity index (χ4n) is 1.37. The molecule has 0 spiro atoms. The van der Waals surface area contributed by atoms with E-state index in [1.54, 1.807) is 16.7 Å². The highest BCUT2D eigenvalue weighted by atomic mass is 79.9. The molecule has 0 saturated heterocycles. The van der Waals surface area contributed by atoms with Gasteiger partial charge >= 0.3 is 5.97 Å². The number of hydrogen-bond acceptors (Lipinski definition) is 2. The summed E-state index contributed by atoms with van der Waals surface area (Å²) in [7, 11) is 0. The molecule has 0 aliphatic rings. The van der Waals surface area contributed by atoms with Crippen molar-refractivity contribution in [2.24, 2.45) is 0 Å². The number of halogens is 1. The van der Waals surface area contributed by atoms with Gasteiger partial charge in [0, 0.05) is 5.69 Å². The summed E-state index contributed by atoms with van der Waals surface area (Å²) < 4.78 is 2.40. The number of aliphatic carboxylic acids is 1. The minimum atomic E-state index is -0.849. The second kappa shape index (κ2) is 3.42. The number of aromatic nitrogens is 2. The first kappa shape index (κ1) is 9.21. The molecular weight excluding hydrogens is 248 g/mol. The van der Waals surface area contributed by atoms with Crippen LogP contribution >= 0.6 is 15.9 Å². The van der Waals surface area contributed by atoms with E-state index in [9.17, 15) is 4.79 Å². The van der Waals surface area contributed by atoms with Crippen LogP contribution in [0.5, 0.6) is 0 Å². The van der Waals surface area contributed by atoms with E-state index in [-0.39, 0.29) is 6.42 Å². The highest BCUT2D eigenvalue weighted by Crippen LogP contribution is 2.15. The summed E-state index contributed by atoms with van der Waals surface area (Å²) >= 11 is 3.27. The highest BCUT2D eigenvalue weighted by molar-refractivity contribution is 9.10. The van der Waals surface area contributed by atoms with Gasteiger partial charge in [0.15, 0.2) is 4.73 Å². The number of imidazole rings is 1. The zero-order valence-corrected chi connectivity index (χ0v) is 8.73. The Labute approximate surface area is 88.3 Å². The van der Waals surface area contributed by atoms with Gasteiger partial charge in [0.1, 0.15) is 0 Å². The Morgan fingerprint density at radius 2 is 2.36 bits per heavy atom. The van der Waals surface area contributed by atoms with Crippen molar-refractivity contribution in [1.29, 1.82) is 0 Å². The third-order valence-corrected chi connectivity index (χ3v) is 2.48. The van der Waals surface area contributed by atoms with Gasteiger partial charge < -0.3 is 5.11 Å². The fraction of sp³-hybridized carbons (Fsp3) is 0.111. The molecule has 72 valence electrons. The molecule has 0 aliphatic carbocycles. The van der Waals surface area contributed by atoms with E-state index in [1.807, 2.05) is 12.1 Å². The Kier molecular flexibility index (Phi) is 2.25. The molecule has 2 aromatic rings. The lowest BCUT2D eigenvalue weighted by Crippen LogP contribution is -2.05. The molecule has 0 unspecified atom stereocenters. The second-order valence-electron chi connectivity index (χ2n) is 2.88. The van der Waals surface area contributed by atoms with Crippen LogP contribution in [0, 0.1) is 0 Å². The molecule has 0 radical (unpaired) electrons. The first-order chi connectivity index (χ1) is 6.68. The number of carboxylic acids is 1. The summed E-state index contributed by atoms with van der Waals surface area (Å²) in [6.07, 6.45) is 1.68. The van der Waals surface area contributed by atoms with Crippen LogP contribution in [0.2, 0.25) is 0 Å². The van der Waals surface area contributed by atoms with Gasteiger partial charge in [-0.1, -0.05) is 6.07 Å². The maximum absolute atomic E-state index is 10.6. The van der Waals surface area contributed by atoms with Crippen LogP contribution in [0.4, 0.5) is 0 Å². The molecule has 2 rings (SSSR count). The van der Waals surface area contributed by atoms with Gasteiger partial charge in [-0.15, -0.1) is 0 Å². The van der Waals surface area contributed by atoms with Gasteiger partial charge in [-0.2, -0.15) is 0 Å². The third-order valence-electron chi connectivity index (χ3n) is 1.92. The van der Waals surface area contributed by atoms with Crippen LogP contribution in [0.1, 0.15) is 5.69 Å². The lowest BCUT2D eigenvalue weighted by atomic mass is 10.2. The fourth-order valence-corrected chi connectivity index (χ4v) is 1.90. The van der Waals surface area contributed by atoms with Gasteiger partial charge in [0.25, 0.3) is 0 Å². The highest BCUT2D eigenvalue weighted by Gasteiger charge is 2.07. The molecule has 2 heterocycles. The Bertz CT molecular complexity index is 493. The number of fused-ring (bicyclic) bond motifs is 1. The predicted octanol–water partition coefficient (Wildman–Crippen LogP) is 1.72. The number of rotatable bonds is 2. The molecule has 0 amide bonds. The molecule has 4 nitrogen and oxygen atoms in total. The summed E-state index contributed by atoms with van der Waals surface area (Å²) in [5.41, 5.74) is 1.59. The maximum Gasteiger partial charge on any atom is 0.309 e. The van der Waals surface area contributed by atoms with Crippen molar-refractivity contribution >= 4 is 27.4 Å². The molecule has 0 atom stereocenters. The van der Waals surface area contributed by atoms with Gasteiger partial charge in [-0.25, -0.2) is 4.98 Å². The molecule has 0 aromatic carbocycles. The number of hydrogen-bond donors (Lipinski definition) is 1. The van der Waals surface area contributed by atoms with Crippen molar-refractivity contribution in [3.63, 3.8) is 0 Å². The number of nitrogens with zero attached hydrogens (tertiary/aromatic N) is 2. The summed E-state index contributed by atoms with van der Waals surface area (Å²) in [5.74, 6) is -0.849. The van der Waals surface area contributed by atoms with Crippen molar-refractivity contribution < 1.29 is 9.90 Å². The Balaban J connectivity index is 2.63. The van der Waals surface area contributed by atoms with Gasteiger partial charge in [0.2, 0.25) is 0 Å². The van der Waals surface area contributed by atoms with Crippen molar-refractivity contribution in [2.75, 3.05) is 0 Å². The summed E-state index contributed by atoms with van der Waals surface area (Å²) in [4.78, 5) is 14.6. The molecule has 0 saturated carbocycles. The number of carboxylic acid groups (broad SMARTS) is 1. The zero-order valence-electron chi connectivity index (χ0n) is 7.14. The largest absolute Gasteiger partial charge is 0.481 e. The summed E-state index contributed by atoms with van der Waals surface area (Å²) in [6, 6.07) is 5.47. The van der Waals surface area contributed by atoms with Gasteiger partial charge in [-0.05, 0) is 28.1 Å². The minimum absolute atomic E-state index is 0.00764. The minimum Gasteiger partial charge on any atom is -0.481 e. The van der Waals surface area contributed by atoms with Crippen LogP contribution in [-0.2, 0) is 11.2 Å². The molecular formula is C9H7BrN2O2. The van der Waals surface area contributed by atoms with E-state index in [2.05, 4.69) is 20.9 Å². The maximum atomic E-state index is 10.6. The molecule has 0 bridgehead atoms. The number of pyridine rings is 1. The van der Waals surface area contributed by atoms with Crippen molar-refractivity contribution in [1.82, 2.24) is 9.38 Å². The van der Waals surface area contributed by atoms with E-state index in [0.29, 0.717) is 10.4 Å². The monoisotopic (exact) mass is 254 g/mol. The first-order valence-corrected chi connectivity index (χ1v) is 4.80. The van der Waals surface area contributed by atoms with Gasteiger partial charge in [0.05, 0.1) is 18.1 Å². The van der Waals surface area contributed by atoms with E-state index < -0.39 is 5.97 Å². The third kappa shape index (κ3) is 1.50. The average molecular weight is 255 g/mol. The van der Waals surface area contributed by atoms with E-state index in [0.717, 1.165) is 5.52 Å². The normalized spacial score (nSPS) is 10.6. The molecule has 0 fully saturated rings. The van der Waals surface area contributed by atoms with Crippen LogP contribution < -0.4 is 0 Å². The molecule has 2 aromatic heterocycles. The smallest absolute Gasteiger partial charge is 0.309 e. The van der Waals surface area contributed by atoms with E-state index in [4.69, 9.17) is 5.11 Å². The summed E-state index contributed by atoms with van der Waals surface area (Å²) in [6.45, 7) is 0. The quantitative estimate of drug-likeness (QED) is 0.888. The molecule has 5 heteroatoms. The van der Waals surface area contributed by atoms with Crippen molar-refractivity contribution in [2.45, 2.75) is 6.42 Å². The van der Waals surface area contributed by atoms with Crippen LogP contribution in [0.3, 0.4) is 0 Å². The number of carbonyl (C=O) groups is 1. The SMILES string of the molecule is O=C(O)Cc1cccc2cnc(Br)n12. The predicted molar refractivity (Wildman–Crippen MR) is 54.2 cm³/mol. The lowest BCUT2D eigenvalue weighted by Gasteiger charge is -2.02. The van der Waals surface area contributed by atoms with E-state index in [1.165, 1.54) is 0 Å². The molecule has 14 heavy (non-hydrogen) atoms.